The predicted molar refractivity (Wildman–Crippen MR) is 186 cm³/mol. The number of carbonyl (C=O) groups excluding carboxylic acids is 3. The number of thiazole rings is 1. The van der Waals surface area contributed by atoms with Crippen molar-refractivity contribution in [3.63, 3.8) is 0 Å². The SMILES string of the molecule is Cc1ncsc1-c1ccc(CCC(=O)[C@@H]2C[C@@H](O)CN2C(=O)[C@@H](CC(=O)COCCOCCOCCOCCOCC(=O)O)C(C)(C)C)cc1. The van der Waals surface area contributed by atoms with Crippen LogP contribution < -0.4 is 0 Å². The van der Waals surface area contributed by atoms with Crippen LogP contribution in [0.15, 0.2) is 29.8 Å². The Morgan fingerprint density at radius 2 is 1.46 bits per heavy atom. The van der Waals surface area contributed by atoms with Crippen LogP contribution in [0, 0.1) is 18.3 Å². The lowest BCUT2D eigenvalue weighted by molar-refractivity contribution is -0.146. The third kappa shape index (κ3) is 14.3. The zero-order valence-corrected chi connectivity index (χ0v) is 30.4. The van der Waals surface area contributed by atoms with E-state index < -0.39 is 29.4 Å². The number of benzene rings is 1. The van der Waals surface area contributed by atoms with Gasteiger partial charge in [0.2, 0.25) is 5.91 Å². The molecule has 14 heteroatoms. The van der Waals surface area contributed by atoms with Crippen molar-refractivity contribution in [2.75, 3.05) is 72.6 Å². The number of ketones is 2. The summed E-state index contributed by atoms with van der Waals surface area (Å²) in [5.74, 6) is -2.34. The number of Topliss-reactive ketones (excluding diaryl/α,β-unsaturated/α-hetero) is 2. The van der Waals surface area contributed by atoms with Crippen LogP contribution in [0.25, 0.3) is 10.4 Å². The Morgan fingerprint density at radius 1 is 0.900 bits per heavy atom. The average molecular weight is 721 g/mol. The molecule has 1 fully saturated rings. The number of aliphatic carboxylic acids is 1. The molecule has 1 saturated heterocycles. The van der Waals surface area contributed by atoms with Gasteiger partial charge < -0.3 is 38.8 Å². The number of carboxylic acid groups (broad SMARTS) is 1. The molecule has 50 heavy (non-hydrogen) atoms. The zero-order valence-electron chi connectivity index (χ0n) is 29.6. The second kappa shape index (κ2) is 21.3. The number of carboxylic acids is 1. The molecular formula is C36H52N2O11S. The topological polar surface area (TPSA) is 171 Å². The molecule has 1 aliphatic heterocycles. The van der Waals surface area contributed by atoms with E-state index in [-0.39, 0.29) is 82.9 Å². The smallest absolute Gasteiger partial charge is 0.329 e. The number of rotatable bonds is 24. The summed E-state index contributed by atoms with van der Waals surface area (Å²) in [5.41, 5.74) is 4.34. The van der Waals surface area contributed by atoms with Crippen LogP contribution in [0.1, 0.15) is 51.3 Å². The summed E-state index contributed by atoms with van der Waals surface area (Å²) >= 11 is 1.59. The minimum absolute atomic E-state index is 0.0378. The van der Waals surface area contributed by atoms with E-state index in [2.05, 4.69) is 4.98 Å². The average Bonchev–Trinajstić information content (AvgIpc) is 3.68. The number of carbonyl (C=O) groups is 4. The molecule has 1 amide bonds. The van der Waals surface area contributed by atoms with Crippen molar-refractivity contribution < 1.29 is 53.1 Å². The highest BCUT2D eigenvalue weighted by Crippen LogP contribution is 2.34. The Balaban J connectivity index is 1.36. The maximum atomic E-state index is 13.9. The number of aromatic nitrogens is 1. The summed E-state index contributed by atoms with van der Waals surface area (Å²) < 4.78 is 26.5. The van der Waals surface area contributed by atoms with Crippen molar-refractivity contribution in [2.24, 2.45) is 11.3 Å². The molecule has 2 aromatic rings. The number of β-amino-alcohol motifs (C(OH)–C–C–N with tert-alkyl or cyclic N) is 1. The van der Waals surface area contributed by atoms with Gasteiger partial charge >= 0.3 is 5.97 Å². The van der Waals surface area contributed by atoms with Crippen molar-refractivity contribution in [3.05, 3.63) is 41.0 Å². The Morgan fingerprint density at radius 3 is 1.98 bits per heavy atom. The number of aliphatic hydroxyl groups excluding tert-OH is 1. The van der Waals surface area contributed by atoms with E-state index in [1.807, 2.05) is 57.5 Å². The number of aliphatic hydroxyl groups is 1. The molecule has 0 radical (unpaired) electrons. The second-order valence-corrected chi connectivity index (χ2v) is 14.2. The van der Waals surface area contributed by atoms with Gasteiger partial charge in [-0.25, -0.2) is 9.78 Å². The van der Waals surface area contributed by atoms with Crippen LogP contribution >= 0.6 is 11.3 Å². The minimum atomic E-state index is -1.03. The summed E-state index contributed by atoms with van der Waals surface area (Å²) in [6.07, 6.45) is 0.110. The van der Waals surface area contributed by atoms with Gasteiger partial charge in [-0.1, -0.05) is 45.0 Å². The van der Waals surface area contributed by atoms with E-state index in [9.17, 15) is 24.3 Å². The molecule has 2 N–H and O–H groups in total. The zero-order chi connectivity index (χ0) is 36.5. The van der Waals surface area contributed by atoms with Crippen LogP contribution in [-0.4, -0.2) is 128 Å². The van der Waals surface area contributed by atoms with Crippen molar-refractivity contribution in [1.82, 2.24) is 9.88 Å². The highest BCUT2D eigenvalue weighted by atomic mass is 32.1. The molecule has 0 bridgehead atoms. The number of hydrogen-bond donors (Lipinski definition) is 2. The van der Waals surface area contributed by atoms with Crippen LogP contribution in [0.5, 0.6) is 0 Å². The number of aryl methyl sites for hydroxylation is 2. The highest BCUT2D eigenvalue weighted by Gasteiger charge is 2.44. The van der Waals surface area contributed by atoms with Gasteiger partial charge in [-0.15, -0.1) is 11.3 Å². The molecule has 1 aliphatic rings. The fraction of sp³-hybridized carbons (Fsp3) is 0.639. The van der Waals surface area contributed by atoms with Crippen molar-refractivity contribution >= 4 is 34.8 Å². The molecule has 278 valence electrons. The maximum Gasteiger partial charge on any atom is 0.329 e. The molecule has 0 unspecified atom stereocenters. The maximum absolute atomic E-state index is 13.9. The normalized spacial score (nSPS) is 16.9. The van der Waals surface area contributed by atoms with E-state index >= 15 is 0 Å². The highest BCUT2D eigenvalue weighted by molar-refractivity contribution is 7.13. The fourth-order valence-corrected chi connectivity index (χ4v) is 6.38. The van der Waals surface area contributed by atoms with Gasteiger partial charge in [-0.05, 0) is 29.9 Å². The molecule has 0 spiro atoms. The van der Waals surface area contributed by atoms with Crippen molar-refractivity contribution in [1.29, 1.82) is 0 Å². The van der Waals surface area contributed by atoms with Gasteiger partial charge in [0.1, 0.15) is 13.2 Å². The van der Waals surface area contributed by atoms with Gasteiger partial charge in [0.25, 0.3) is 0 Å². The van der Waals surface area contributed by atoms with E-state index in [0.29, 0.717) is 32.8 Å². The van der Waals surface area contributed by atoms with E-state index in [1.54, 1.807) is 11.3 Å². The first-order valence-corrected chi connectivity index (χ1v) is 17.9. The fourth-order valence-electron chi connectivity index (χ4n) is 5.57. The molecular weight excluding hydrogens is 668 g/mol. The molecule has 1 aromatic heterocycles. The molecule has 1 aromatic carbocycles. The van der Waals surface area contributed by atoms with Crippen molar-refractivity contribution in [3.8, 4) is 10.4 Å². The minimum Gasteiger partial charge on any atom is -0.480 e. The second-order valence-electron chi connectivity index (χ2n) is 13.3. The number of hydrogen-bond acceptors (Lipinski definition) is 12. The summed E-state index contributed by atoms with van der Waals surface area (Å²) in [4.78, 5) is 57.4. The number of nitrogens with zero attached hydrogens (tertiary/aromatic N) is 2. The first-order chi connectivity index (χ1) is 23.9. The Bertz CT molecular complexity index is 1360. The van der Waals surface area contributed by atoms with Crippen LogP contribution in [0.3, 0.4) is 0 Å². The van der Waals surface area contributed by atoms with Crippen LogP contribution in [-0.2, 0) is 49.3 Å². The summed E-state index contributed by atoms with van der Waals surface area (Å²) in [6, 6.07) is 7.34. The Hall–Kier alpha value is -3.11. The third-order valence-corrected chi connectivity index (χ3v) is 9.28. The number of amides is 1. The molecule has 3 rings (SSSR count). The Kier molecular flexibility index (Phi) is 17.6. The van der Waals surface area contributed by atoms with Gasteiger partial charge in [-0.2, -0.15) is 0 Å². The van der Waals surface area contributed by atoms with Gasteiger partial charge in [0.15, 0.2) is 11.6 Å². The summed E-state index contributed by atoms with van der Waals surface area (Å²) in [6.45, 7) is 9.52. The van der Waals surface area contributed by atoms with Gasteiger partial charge in [0, 0.05) is 31.7 Å². The molecule has 2 heterocycles. The summed E-state index contributed by atoms with van der Waals surface area (Å²) in [7, 11) is 0. The first-order valence-electron chi connectivity index (χ1n) is 17.0. The number of ether oxygens (including phenoxy) is 5. The quantitative estimate of drug-likeness (QED) is 0.152. The Labute approximate surface area is 298 Å². The van der Waals surface area contributed by atoms with E-state index in [0.717, 1.165) is 21.7 Å². The molecule has 0 saturated carbocycles. The van der Waals surface area contributed by atoms with Crippen LogP contribution in [0.4, 0.5) is 0 Å². The molecule has 0 aliphatic carbocycles. The number of likely N-dealkylation sites (tertiary alicyclic amines) is 1. The first kappa shape index (κ1) is 41.3. The largest absolute Gasteiger partial charge is 0.480 e. The standard InChI is InChI=1S/C36H52N2O11S/c1-25-34(50-24-37-25)27-8-5-26(6-9-27)7-10-32(41)31-20-28(39)21-38(31)35(44)30(36(2,3)4)19-29(40)22-48-17-15-46-13-11-45-12-14-47-16-18-49-23-33(42)43/h5-6,8-9,24,28,30-31,39H,7,10-23H2,1-4H3,(H,42,43)/t28-,30-,31+/m1/s1. The molecule has 13 nitrogen and oxygen atoms in total. The lowest BCUT2D eigenvalue weighted by Crippen LogP contribution is -2.47. The summed E-state index contributed by atoms with van der Waals surface area (Å²) in [5, 5.41) is 19.0. The van der Waals surface area contributed by atoms with Gasteiger partial charge in [-0.3, -0.25) is 14.4 Å². The predicted octanol–water partition coefficient (Wildman–Crippen LogP) is 3.37. The monoisotopic (exact) mass is 720 g/mol. The third-order valence-electron chi connectivity index (χ3n) is 8.31. The molecule has 3 atom stereocenters. The van der Waals surface area contributed by atoms with Crippen molar-refractivity contribution in [2.45, 2.75) is 65.5 Å². The van der Waals surface area contributed by atoms with Gasteiger partial charge in [0.05, 0.1) is 81.1 Å². The van der Waals surface area contributed by atoms with E-state index in [1.165, 1.54) is 4.90 Å². The van der Waals surface area contributed by atoms with E-state index in [4.69, 9.17) is 28.8 Å². The van der Waals surface area contributed by atoms with Crippen LogP contribution in [0.2, 0.25) is 0 Å². The lowest BCUT2D eigenvalue weighted by Gasteiger charge is -2.34. The lowest BCUT2D eigenvalue weighted by atomic mass is 9.76.